The monoisotopic (exact) mass is 586 g/mol. The fourth-order valence-electron chi connectivity index (χ4n) is 7.26. The summed E-state index contributed by atoms with van der Waals surface area (Å²) in [6, 6.07) is 56.6. The molecule has 0 aliphatic heterocycles. The van der Waals surface area contributed by atoms with E-state index in [0.717, 1.165) is 23.0 Å². The van der Waals surface area contributed by atoms with E-state index >= 15 is 0 Å². The van der Waals surface area contributed by atoms with Gasteiger partial charge in [-0.25, -0.2) is 0 Å². The third-order valence-corrected chi connectivity index (χ3v) is 9.30. The van der Waals surface area contributed by atoms with Gasteiger partial charge >= 0.3 is 0 Å². The fraction of sp³-hybridized carbons (Fsp3) is 0.0222. The summed E-state index contributed by atoms with van der Waals surface area (Å²) >= 11 is 0. The summed E-state index contributed by atoms with van der Waals surface area (Å²) in [5.74, 6) is 0. The van der Waals surface area contributed by atoms with Gasteiger partial charge in [-0.15, -0.1) is 0 Å². The van der Waals surface area contributed by atoms with Gasteiger partial charge in [-0.1, -0.05) is 158 Å². The number of hydrogen-bond acceptors (Lipinski definition) is 1. The quantitative estimate of drug-likeness (QED) is 0.144. The third kappa shape index (κ3) is 4.32. The van der Waals surface area contributed by atoms with Crippen molar-refractivity contribution < 1.29 is 4.42 Å². The van der Waals surface area contributed by atoms with E-state index in [2.05, 4.69) is 158 Å². The van der Waals surface area contributed by atoms with Crippen LogP contribution < -0.4 is 0 Å². The number of rotatable bonds is 5. The molecular formula is C45H30O. The molecule has 0 fully saturated rings. The van der Waals surface area contributed by atoms with E-state index in [1.165, 1.54) is 71.1 Å². The van der Waals surface area contributed by atoms with Crippen LogP contribution in [0.2, 0.25) is 0 Å². The van der Waals surface area contributed by atoms with Crippen molar-refractivity contribution >= 4 is 60.3 Å². The van der Waals surface area contributed by atoms with Crippen molar-refractivity contribution in [3.63, 3.8) is 0 Å². The fourth-order valence-corrected chi connectivity index (χ4v) is 7.26. The van der Waals surface area contributed by atoms with Gasteiger partial charge in [0.25, 0.3) is 0 Å². The molecule has 0 saturated heterocycles. The van der Waals surface area contributed by atoms with Gasteiger partial charge in [0.2, 0.25) is 0 Å². The molecule has 1 heterocycles. The SMILES string of the molecule is C(=C\c1c2ccccc2c(-c2ccccc2)c2c1ccc1ccccc12)/Cc1cccc(-c2cccc3oc4ccccc4c23)c1. The average Bonchev–Trinajstić information content (AvgIpc) is 3.51. The van der Waals surface area contributed by atoms with Crippen LogP contribution in [0, 0.1) is 0 Å². The minimum Gasteiger partial charge on any atom is -0.456 e. The molecule has 0 aliphatic carbocycles. The molecule has 1 aromatic heterocycles. The number of hydrogen-bond donors (Lipinski definition) is 0. The number of allylic oxidation sites excluding steroid dienone is 1. The Morgan fingerprint density at radius 1 is 0.457 bits per heavy atom. The molecule has 0 aliphatic rings. The maximum Gasteiger partial charge on any atom is 0.136 e. The predicted octanol–water partition coefficient (Wildman–Crippen LogP) is 12.6. The Balaban J connectivity index is 1.17. The number of fused-ring (bicyclic) bond motifs is 7. The standard InChI is InChI=1S/C45H30O/c1-2-16-32(17-3-1)43-38-21-7-6-20-36(38)37(39-28-27-31-15-4-5-19-34(31)45(39)43)24-11-14-30-13-10-18-33(29-30)35-23-12-26-42-44(35)40-22-8-9-25-41(40)46-42/h1-13,15-29H,14H2/b24-11+. The van der Waals surface area contributed by atoms with Crippen LogP contribution in [-0.4, -0.2) is 0 Å². The molecule has 0 amide bonds. The van der Waals surface area contributed by atoms with Gasteiger partial charge in [0, 0.05) is 10.8 Å². The molecular weight excluding hydrogens is 556 g/mol. The Morgan fingerprint density at radius 2 is 1.15 bits per heavy atom. The maximum atomic E-state index is 6.18. The van der Waals surface area contributed by atoms with E-state index in [1.807, 2.05) is 12.1 Å². The second kappa shape index (κ2) is 10.9. The van der Waals surface area contributed by atoms with Gasteiger partial charge in [0.15, 0.2) is 0 Å². The first-order valence-corrected chi connectivity index (χ1v) is 15.9. The molecule has 1 heteroatoms. The Hall–Kier alpha value is -5.92. The summed E-state index contributed by atoms with van der Waals surface area (Å²) < 4.78 is 6.18. The molecule has 0 atom stereocenters. The first-order chi connectivity index (χ1) is 22.8. The van der Waals surface area contributed by atoms with Gasteiger partial charge in [-0.3, -0.25) is 0 Å². The maximum absolute atomic E-state index is 6.18. The number of benzene rings is 8. The second-order valence-corrected chi connectivity index (χ2v) is 12.0. The second-order valence-electron chi connectivity index (χ2n) is 12.0. The van der Waals surface area contributed by atoms with Crippen LogP contribution in [0.1, 0.15) is 11.1 Å². The molecule has 0 spiro atoms. The zero-order valence-corrected chi connectivity index (χ0v) is 25.3. The number of furan rings is 1. The molecule has 46 heavy (non-hydrogen) atoms. The predicted molar refractivity (Wildman–Crippen MR) is 196 cm³/mol. The summed E-state index contributed by atoms with van der Waals surface area (Å²) in [5.41, 5.74) is 9.34. The largest absolute Gasteiger partial charge is 0.456 e. The van der Waals surface area contributed by atoms with Gasteiger partial charge in [0.1, 0.15) is 11.2 Å². The molecule has 1 nitrogen and oxygen atoms in total. The summed E-state index contributed by atoms with van der Waals surface area (Å²) in [7, 11) is 0. The highest BCUT2D eigenvalue weighted by molar-refractivity contribution is 6.25. The molecule has 0 unspecified atom stereocenters. The first kappa shape index (κ1) is 26.5. The van der Waals surface area contributed by atoms with Gasteiger partial charge in [-0.05, 0) is 84.3 Å². The van der Waals surface area contributed by atoms with E-state index < -0.39 is 0 Å². The highest BCUT2D eigenvalue weighted by atomic mass is 16.3. The van der Waals surface area contributed by atoms with Crippen LogP contribution in [0.5, 0.6) is 0 Å². The lowest BCUT2D eigenvalue weighted by molar-refractivity contribution is 0.669. The Labute approximate surface area is 267 Å². The third-order valence-electron chi connectivity index (χ3n) is 9.30. The van der Waals surface area contributed by atoms with Crippen LogP contribution in [0.4, 0.5) is 0 Å². The highest BCUT2D eigenvalue weighted by Crippen LogP contribution is 2.43. The highest BCUT2D eigenvalue weighted by Gasteiger charge is 2.16. The van der Waals surface area contributed by atoms with Crippen LogP contribution in [-0.2, 0) is 6.42 Å². The zero-order valence-electron chi connectivity index (χ0n) is 25.3. The van der Waals surface area contributed by atoms with E-state index in [4.69, 9.17) is 4.42 Å². The Kier molecular flexibility index (Phi) is 6.28. The molecule has 9 rings (SSSR count). The average molecular weight is 587 g/mol. The van der Waals surface area contributed by atoms with Crippen molar-refractivity contribution in [1.82, 2.24) is 0 Å². The summed E-state index contributed by atoms with van der Waals surface area (Å²) in [4.78, 5) is 0. The minimum absolute atomic E-state index is 0.833. The van der Waals surface area contributed by atoms with Crippen LogP contribution in [0.3, 0.4) is 0 Å². The zero-order chi connectivity index (χ0) is 30.5. The van der Waals surface area contributed by atoms with E-state index in [-0.39, 0.29) is 0 Å². The van der Waals surface area contributed by atoms with Crippen LogP contribution >= 0.6 is 0 Å². The van der Waals surface area contributed by atoms with Crippen molar-refractivity contribution in [2.24, 2.45) is 0 Å². The lowest BCUT2D eigenvalue weighted by atomic mass is 9.86. The molecule has 0 saturated carbocycles. The van der Waals surface area contributed by atoms with Gasteiger partial charge in [0.05, 0.1) is 0 Å². The molecule has 9 aromatic rings. The minimum atomic E-state index is 0.833. The molecule has 0 N–H and O–H groups in total. The molecule has 8 aromatic carbocycles. The van der Waals surface area contributed by atoms with Crippen LogP contribution in [0.25, 0.3) is 82.6 Å². The number of para-hydroxylation sites is 1. The lowest BCUT2D eigenvalue weighted by Crippen LogP contribution is -1.91. The summed E-state index contributed by atoms with van der Waals surface area (Å²) in [6.45, 7) is 0. The molecule has 216 valence electrons. The first-order valence-electron chi connectivity index (χ1n) is 15.9. The summed E-state index contributed by atoms with van der Waals surface area (Å²) in [5, 5.41) is 10.0. The topological polar surface area (TPSA) is 13.1 Å². The van der Waals surface area contributed by atoms with Crippen LogP contribution in [0.15, 0.2) is 168 Å². The summed E-state index contributed by atoms with van der Waals surface area (Å²) in [6.07, 6.45) is 5.50. The van der Waals surface area contributed by atoms with Crippen molar-refractivity contribution in [3.05, 3.63) is 175 Å². The van der Waals surface area contributed by atoms with Crippen molar-refractivity contribution in [3.8, 4) is 22.3 Å². The van der Waals surface area contributed by atoms with Gasteiger partial charge in [-0.2, -0.15) is 0 Å². The smallest absolute Gasteiger partial charge is 0.136 e. The van der Waals surface area contributed by atoms with Crippen molar-refractivity contribution in [2.45, 2.75) is 6.42 Å². The Bertz CT molecular complexity index is 2600. The van der Waals surface area contributed by atoms with Crippen molar-refractivity contribution in [2.75, 3.05) is 0 Å². The van der Waals surface area contributed by atoms with E-state index in [0.29, 0.717) is 0 Å². The molecule has 0 bridgehead atoms. The lowest BCUT2D eigenvalue weighted by Gasteiger charge is -2.17. The Morgan fingerprint density at radius 3 is 2.04 bits per heavy atom. The van der Waals surface area contributed by atoms with Gasteiger partial charge < -0.3 is 4.42 Å². The van der Waals surface area contributed by atoms with E-state index in [1.54, 1.807) is 0 Å². The normalized spacial score (nSPS) is 11.9. The van der Waals surface area contributed by atoms with Crippen molar-refractivity contribution in [1.29, 1.82) is 0 Å². The van der Waals surface area contributed by atoms with E-state index in [9.17, 15) is 0 Å². The molecule has 0 radical (unpaired) electrons.